The Balaban J connectivity index is 2.94. The molecule has 0 aliphatic carbocycles. The number of rotatable bonds is 3. The number of hydrogen-bond acceptors (Lipinski definition) is 4. The Morgan fingerprint density at radius 3 is 2.64 bits per heavy atom. The molecule has 0 radical (unpaired) electrons. The van der Waals surface area contributed by atoms with Crippen LogP contribution in [-0.4, -0.2) is 25.3 Å². The molecule has 5 nitrogen and oxygen atoms in total. The summed E-state index contributed by atoms with van der Waals surface area (Å²) in [5.74, 6) is 0. The Bertz CT molecular complexity index is 360. The number of nitroso groups, excluding NO2 is 1. The maximum Gasteiger partial charge on any atom is 0.110 e. The van der Waals surface area contributed by atoms with Gasteiger partial charge in [-0.25, -0.2) is 4.99 Å². The molecule has 0 unspecified atom stereocenters. The smallest absolute Gasteiger partial charge is 0.110 e. The van der Waals surface area contributed by atoms with Crippen LogP contribution in [0, 0.1) is 4.91 Å². The highest BCUT2D eigenvalue weighted by Gasteiger charge is 1.98. The van der Waals surface area contributed by atoms with Gasteiger partial charge in [0.25, 0.3) is 0 Å². The SMILES string of the molecule is CN(C)/C=N/c1ccc(N=O)cc1N. The Hall–Kier alpha value is -1.91. The van der Waals surface area contributed by atoms with Crippen molar-refractivity contribution in [2.75, 3.05) is 19.8 Å². The summed E-state index contributed by atoms with van der Waals surface area (Å²) in [4.78, 5) is 16.1. The van der Waals surface area contributed by atoms with Gasteiger partial charge in [-0.15, -0.1) is 4.91 Å². The second-order valence-corrected chi connectivity index (χ2v) is 3.04. The fraction of sp³-hybridized carbons (Fsp3) is 0.222. The number of nitrogens with two attached hydrogens (primary N) is 1. The van der Waals surface area contributed by atoms with E-state index >= 15 is 0 Å². The molecule has 0 spiro atoms. The molecule has 0 aliphatic rings. The Kier molecular flexibility index (Phi) is 3.17. The molecule has 1 aromatic carbocycles. The number of benzene rings is 1. The number of nitrogen functional groups attached to an aromatic ring is 1. The van der Waals surface area contributed by atoms with E-state index in [0.29, 0.717) is 17.1 Å². The highest BCUT2D eigenvalue weighted by Crippen LogP contribution is 2.26. The minimum absolute atomic E-state index is 0.311. The molecule has 2 N–H and O–H groups in total. The predicted octanol–water partition coefficient (Wildman–Crippen LogP) is 1.89. The first-order chi connectivity index (χ1) is 6.63. The zero-order valence-corrected chi connectivity index (χ0v) is 8.14. The normalized spacial score (nSPS) is 10.4. The van der Waals surface area contributed by atoms with Crippen molar-refractivity contribution in [1.29, 1.82) is 0 Å². The molecule has 0 heterocycles. The summed E-state index contributed by atoms with van der Waals surface area (Å²) in [6, 6.07) is 4.73. The molecule has 0 bridgehead atoms. The van der Waals surface area contributed by atoms with Crippen LogP contribution in [0.3, 0.4) is 0 Å². The lowest BCUT2D eigenvalue weighted by Crippen LogP contribution is -2.07. The fourth-order valence-corrected chi connectivity index (χ4v) is 0.894. The first-order valence-electron chi connectivity index (χ1n) is 4.07. The molecular formula is C9H12N4O. The van der Waals surface area contributed by atoms with Gasteiger partial charge in [-0.1, -0.05) is 0 Å². The zero-order chi connectivity index (χ0) is 10.6. The predicted molar refractivity (Wildman–Crippen MR) is 58.1 cm³/mol. The summed E-state index contributed by atoms with van der Waals surface area (Å²) in [6.45, 7) is 0. The number of nitrogens with zero attached hydrogens (tertiary/aromatic N) is 3. The molecule has 1 aromatic rings. The van der Waals surface area contributed by atoms with E-state index in [2.05, 4.69) is 10.2 Å². The van der Waals surface area contributed by atoms with Crippen molar-refractivity contribution in [2.45, 2.75) is 0 Å². The summed E-state index contributed by atoms with van der Waals surface area (Å²) in [5, 5.41) is 2.78. The molecule has 14 heavy (non-hydrogen) atoms. The minimum atomic E-state index is 0.311. The van der Waals surface area contributed by atoms with Crippen molar-refractivity contribution in [3.8, 4) is 0 Å². The van der Waals surface area contributed by atoms with E-state index in [1.165, 1.54) is 6.07 Å². The van der Waals surface area contributed by atoms with Gasteiger partial charge in [0.15, 0.2) is 0 Å². The van der Waals surface area contributed by atoms with Crippen LogP contribution in [0.2, 0.25) is 0 Å². The molecule has 0 aliphatic heterocycles. The van der Waals surface area contributed by atoms with Crippen LogP contribution in [0.25, 0.3) is 0 Å². The molecular weight excluding hydrogens is 180 g/mol. The summed E-state index contributed by atoms with van der Waals surface area (Å²) in [6.07, 6.45) is 1.64. The monoisotopic (exact) mass is 192 g/mol. The van der Waals surface area contributed by atoms with Crippen LogP contribution in [0.15, 0.2) is 28.4 Å². The van der Waals surface area contributed by atoms with Gasteiger partial charge in [-0.3, -0.25) is 0 Å². The molecule has 0 fully saturated rings. The second-order valence-electron chi connectivity index (χ2n) is 3.04. The number of anilines is 1. The molecule has 0 saturated carbocycles. The molecule has 0 saturated heterocycles. The van der Waals surface area contributed by atoms with E-state index in [1.807, 2.05) is 14.1 Å². The average Bonchev–Trinajstić information content (AvgIpc) is 2.15. The van der Waals surface area contributed by atoms with Gasteiger partial charge in [0.1, 0.15) is 5.69 Å². The first kappa shape index (κ1) is 10.2. The lowest BCUT2D eigenvalue weighted by molar-refractivity contribution is 0.643. The summed E-state index contributed by atoms with van der Waals surface area (Å²) in [7, 11) is 3.72. The van der Waals surface area contributed by atoms with Gasteiger partial charge in [0.2, 0.25) is 0 Å². The molecule has 0 amide bonds. The molecule has 1 rings (SSSR count). The van der Waals surface area contributed by atoms with Gasteiger partial charge in [0, 0.05) is 14.1 Å². The van der Waals surface area contributed by atoms with E-state index in [0.717, 1.165) is 0 Å². The highest BCUT2D eigenvalue weighted by molar-refractivity contribution is 5.72. The van der Waals surface area contributed by atoms with E-state index < -0.39 is 0 Å². The molecule has 74 valence electrons. The maximum absolute atomic E-state index is 10.2. The van der Waals surface area contributed by atoms with Crippen molar-refractivity contribution in [1.82, 2.24) is 4.90 Å². The molecule has 0 aromatic heterocycles. The average molecular weight is 192 g/mol. The van der Waals surface area contributed by atoms with Gasteiger partial charge >= 0.3 is 0 Å². The van der Waals surface area contributed by atoms with Gasteiger partial charge in [-0.2, -0.15) is 0 Å². The first-order valence-corrected chi connectivity index (χ1v) is 4.07. The van der Waals surface area contributed by atoms with Crippen molar-refractivity contribution < 1.29 is 0 Å². The fourth-order valence-electron chi connectivity index (χ4n) is 0.894. The van der Waals surface area contributed by atoms with Crippen LogP contribution in [0.1, 0.15) is 0 Å². The van der Waals surface area contributed by atoms with Crippen LogP contribution >= 0.6 is 0 Å². The highest BCUT2D eigenvalue weighted by atomic mass is 16.3. The second kappa shape index (κ2) is 4.36. The van der Waals surface area contributed by atoms with E-state index in [1.54, 1.807) is 23.4 Å². The third-order valence-corrected chi connectivity index (χ3v) is 1.54. The lowest BCUT2D eigenvalue weighted by Gasteiger charge is -2.04. The number of hydrogen-bond donors (Lipinski definition) is 1. The maximum atomic E-state index is 10.2. The van der Waals surface area contributed by atoms with Crippen molar-refractivity contribution in [2.24, 2.45) is 10.2 Å². The molecule has 5 heteroatoms. The van der Waals surface area contributed by atoms with Crippen molar-refractivity contribution in [3.63, 3.8) is 0 Å². The lowest BCUT2D eigenvalue weighted by atomic mass is 10.2. The van der Waals surface area contributed by atoms with Gasteiger partial charge < -0.3 is 10.6 Å². The van der Waals surface area contributed by atoms with E-state index in [4.69, 9.17) is 5.73 Å². The summed E-state index contributed by atoms with van der Waals surface area (Å²) < 4.78 is 0. The summed E-state index contributed by atoms with van der Waals surface area (Å²) in [5.41, 5.74) is 7.04. The van der Waals surface area contributed by atoms with Crippen LogP contribution in [0.5, 0.6) is 0 Å². The van der Waals surface area contributed by atoms with Gasteiger partial charge in [-0.05, 0) is 23.4 Å². The number of aliphatic imine (C=N–C) groups is 1. The molecule has 0 atom stereocenters. The van der Waals surface area contributed by atoms with E-state index in [9.17, 15) is 4.91 Å². The van der Waals surface area contributed by atoms with E-state index in [-0.39, 0.29) is 0 Å². The minimum Gasteiger partial charge on any atom is -0.397 e. The third kappa shape index (κ3) is 2.55. The standard InChI is InChI=1S/C9H12N4O/c1-13(2)6-11-9-4-3-7(12-14)5-8(9)10/h3-6H,10H2,1-2H3/b11-6+. The zero-order valence-electron chi connectivity index (χ0n) is 8.14. The Morgan fingerprint density at radius 2 is 2.14 bits per heavy atom. The quantitative estimate of drug-likeness (QED) is 0.344. The Labute approximate surface area is 82.2 Å². The Morgan fingerprint density at radius 1 is 1.43 bits per heavy atom. The topological polar surface area (TPSA) is 71.0 Å². The van der Waals surface area contributed by atoms with Crippen molar-refractivity contribution in [3.05, 3.63) is 23.1 Å². The van der Waals surface area contributed by atoms with Gasteiger partial charge in [0.05, 0.1) is 17.7 Å². The van der Waals surface area contributed by atoms with Crippen LogP contribution < -0.4 is 5.73 Å². The third-order valence-electron chi connectivity index (χ3n) is 1.54. The summed E-state index contributed by atoms with van der Waals surface area (Å²) >= 11 is 0. The van der Waals surface area contributed by atoms with Crippen LogP contribution in [-0.2, 0) is 0 Å². The van der Waals surface area contributed by atoms with Crippen LogP contribution in [0.4, 0.5) is 17.1 Å². The van der Waals surface area contributed by atoms with Crippen molar-refractivity contribution >= 4 is 23.4 Å². The largest absolute Gasteiger partial charge is 0.397 e.